The third kappa shape index (κ3) is 4.48. The van der Waals surface area contributed by atoms with Gasteiger partial charge >= 0.3 is 0 Å². The highest BCUT2D eigenvalue weighted by Gasteiger charge is 2.12. The van der Waals surface area contributed by atoms with Gasteiger partial charge in [0.1, 0.15) is 0 Å². The third-order valence-corrected chi connectivity index (χ3v) is 4.05. The van der Waals surface area contributed by atoms with Gasteiger partial charge in [-0.3, -0.25) is 0 Å². The number of thiophene rings is 1. The van der Waals surface area contributed by atoms with E-state index in [1.807, 2.05) is 0 Å². The van der Waals surface area contributed by atoms with E-state index in [-0.39, 0.29) is 5.41 Å². The quantitative estimate of drug-likeness (QED) is 0.797. The zero-order valence-electron chi connectivity index (χ0n) is 12.1. The van der Waals surface area contributed by atoms with Crippen LogP contribution in [0.2, 0.25) is 0 Å². The topological polar surface area (TPSA) is 12.0 Å². The maximum absolute atomic E-state index is 3.50. The first kappa shape index (κ1) is 14.3. The summed E-state index contributed by atoms with van der Waals surface area (Å²) >= 11 is 1.77. The van der Waals surface area contributed by atoms with Crippen molar-refractivity contribution in [2.45, 2.75) is 39.2 Å². The summed E-state index contributed by atoms with van der Waals surface area (Å²) in [5, 5.41) is 7.86. The second kappa shape index (κ2) is 6.36. The minimum absolute atomic E-state index is 0.241. The lowest BCUT2D eigenvalue weighted by Gasteiger charge is -2.19. The summed E-state index contributed by atoms with van der Waals surface area (Å²) in [5.74, 6) is 0. The average molecular weight is 273 g/mol. The van der Waals surface area contributed by atoms with Gasteiger partial charge in [0.05, 0.1) is 0 Å². The number of benzene rings is 1. The molecule has 0 aliphatic heterocycles. The molecule has 1 aromatic carbocycles. The highest BCUT2D eigenvalue weighted by Crippen LogP contribution is 2.22. The molecular formula is C17H23NS. The maximum Gasteiger partial charge on any atom is 0.0205 e. The fraction of sp³-hybridized carbons (Fsp3) is 0.412. The van der Waals surface area contributed by atoms with Crippen LogP contribution in [0.3, 0.4) is 0 Å². The number of rotatable bonds is 5. The molecule has 1 heterocycles. The molecule has 0 spiro atoms. The molecule has 0 amide bonds. The van der Waals surface area contributed by atoms with Gasteiger partial charge in [0.15, 0.2) is 0 Å². The molecule has 0 saturated carbocycles. The van der Waals surface area contributed by atoms with Crippen molar-refractivity contribution in [2.24, 2.45) is 0 Å². The van der Waals surface area contributed by atoms with E-state index in [1.165, 1.54) is 16.7 Å². The van der Waals surface area contributed by atoms with Gasteiger partial charge in [-0.25, -0.2) is 0 Å². The standard InChI is InChI=1S/C17H23NS/c1-17(2,3)16-6-4-14(5-7-16)12-18-10-8-15-9-11-19-13-15/h4-7,9,11,13,18H,8,10,12H2,1-3H3. The number of hydrogen-bond acceptors (Lipinski definition) is 2. The summed E-state index contributed by atoms with van der Waals surface area (Å²) in [6.45, 7) is 8.75. The molecule has 2 rings (SSSR count). The molecule has 0 aliphatic carbocycles. The lowest BCUT2D eigenvalue weighted by molar-refractivity contribution is 0.589. The van der Waals surface area contributed by atoms with E-state index in [0.29, 0.717) is 0 Å². The second-order valence-corrected chi connectivity index (χ2v) is 6.79. The van der Waals surface area contributed by atoms with Crippen molar-refractivity contribution >= 4 is 11.3 Å². The highest BCUT2D eigenvalue weighted by molar-refractivity contribution is 7.07. The molecule has 1 nitrogen and oxygen atoms in total. The van der Waals surface area contributed by atoms with Crippen LogP contribution in [0.1, 0.15) is 37.5 Å². The SMILES string of the molecule is CC(C)(C)c1ccc(CNCCc2ccsc2)cc1. The van der Waals surface area contributed by atoms with Gasteiger partial charge in [-0.15, -0.1) is 0 Å². The van der Waals surface area contributed by atoms with Gasteiger partial charge < -0.3 is 5.32 Å². The molecule has 0 fully saturated rings. The predicted octanol–water partition coefficient (Wildman–Crippen LogP) is 4.38. The van der Waals surface area contributed by atoms with Crippen molar-refractivity contribution in [1.29, 1.82) is 0 Å². The Balaban J connectivity index is 1.77. The van der Waals surface area contributed by atoms with Crippen molar-refractivity contribution in [3.8, 4) is 0 Å². The summed E-state index contributed by atoms with van der Waals surface area (Å²) < 4.78 is 0. The zero-order valence-corrected chi connectivity index (χ0v) is 12.9. The molecule has 0 saturated heterocycles. The smallest absolute Gasteiger partial charge is 0.0205 e. The molecule has 0 atom stereocenters. The summed E-state index contributed by atoms with van der Waals surface area (Å²) in [4.78, 5) is 0. The summed E-state index contributed by atoms with van der Waals surface area (Å²) in [6.07, 6.45) is 1.11. The van der Waals surface area contributed by atoms with Crippen LogP contribution in [0.25, 0.3) is 0 Å². The van der Waals surface area contributed by atoms with Gasteiger partial charge in [0.2, 0.25) is 0 Å². The van der Waals surface area contributed by atoms with E-state index in [4.69, 9.17) is 0 Å². The fourth-order valence-corrected chi connectivity index (χ4v) is 2.73. The number of nitrogens with one attached hydrogen (secondary N) is 1. The molecular weight excluding hydrogens is 250 g/mol. The molecule has 2 aromatic rings. The van der Waals surface area contributed by atoms with Crippen LogP contribution in [0.4, 0.5) is 0 Å². The Labute approximate surface area is 120 Å². The van der Waals surface area contributed by atoms with Crippen molar-refractivity contribution in [1.82, 2.24) is 5.32 Å². The van der Waals surface area contributed by atoms with E-state index in [9.17, 15) is 0 Å². The molecule has 0 aliphatic rings. The van der Waals surface area contributed by atoms with Crippen LogP contribution in [0, 0.1) is 0 Å². The Bertz CT molecular complexity index is 477. The minimum atomic E-state index is 0.241. The van der Waals surface area contributed by atoms with Crippen LogP contribution in [-0.2, 0) is 18.4 Å². The molecule has 1 aromatic heterocycles. The molecule has 102 valence electrons. The summed E-state index contributed by atoms with van der Waals surface area (Å²) in [7, 11) is 0. The molecule has 19 heavy (non-hydrogen) atoms. The minimum Gasteiger partial charge on any atom is -0.312 e. The molecule has 0 unspecified atom stereocenters. The van der Waals surface area contributed by atoms with Crippen LogP contribution >= 0.6 is 11.3 Å². The monoisotopic (exact) mass is 273 g/mol. The average Bonchev–Trinajstić information content (AvgIpc) is 2.87. The van der Waals surface area contributed by atoms with Gasteiger partial charge in [-0.2, -0.15) is 11.3 Å². The van der Waals surface area contributed by atoms with Gasteiger partial charge in [-0.05, 0) is 51.9 Å². The largest absolute Gasteiger partial charge is 0.312 e. The van der Waals surface area contributed by atoms with Crippen LogP contribution < -0.4 is 5.32 Å². The molecule has 2 heteroatoms. The van der Waals surface area contributed by atoms with E-state index in [1.54, 1.807) is 11.3 Å². The maximum atomic E-state index is 3.50. The van der Waals surface area contributed by atoms with E-state index in [2.05, 4.69) is 67.2 Å². The Morgan fingerprint density at radius 2 is 1.74 bits per heavy atom. The summed E-state index contributed by atoms with van der Waals surface area (Å²) in [5.41, 5.74) is 4.43. The van der Waals surface area contributed by atoms with Crippen LogP contribution in [0.5, 0.6) is 0 Å². The summed E-state index contributed by atoms with van der Waals surface area (Å²) in [6, 6.07) is 11.2. The molecule has 0 bridgehead atoms. The zero-order chi connectivity index (χ0) is 13.7. The van der Waals surface area contributed by atoms with E-state index < -0.39 is 0 Å². The Morgan fingerprint density at radius 1 is 1.00 bits per heavy atom. The van der Waals surface area contributed by atoms with Gasteiger partial charge in [-0.1, -0.05) is 45.0 Å². The lowest BCUT2D eigenvalue weighted by atomic mass is 9.87. The Hall–Kier alpha value is -1.12. The Kier molecular flexibility index (Phi) is 4.78. The van der Waals surface area contributed by atoms with Crippen molar-refractivity contribution < 1.29 is 0 Å². The van der Waals surface area contributed by atoms with E-state index in [0.717, 1.165) is 19.5 Å². The van der Waals surface area contributed by atoms with Gasteiger partial charge in [0.25, 0.3) is 0 Å². The predicted molar refractivity (Wildman–Crippen MR) is 84.9 cm³/mol. The fourth-order valence-electron chi connectivity index (χ4n) is 2.02. The van der Waals surface area contributed by atoms with Crippen LogP contribution in [0.15, 0.2) is 41.1 Å². The van der Waals surface area contributed by atoms with Crippen molar-refractivity contribution in [2.75, 3.05) is 6.54 Å². The first-order valence-corrected chi connectivity index (χ1v) is 7.81. The highest BCUT2D eigenvalue weighted by atomic mass is 32.1. The molecule has 1 N–H and O–H groups in total. The lowest BCUT2D eigenvalue weighted by Crippen LogP contribution is -2.17. The molecule has 0 radical (unpaired) electrons. The normalized spacial score (nSPS) is 11.7. The number of hydrogen-bond donors (Lipinski definition) is 1. The van der Waals surface area contributed by atoms with Crippen molar-refractivity contribution in [3.63, 3.8) is 0 Å². The first-order chi connectivity index (χ1) is 9.05. The van der Waals surface area contributed by atoms with Crippen LogP contribution in [-0.4, -0.2) is 6.54 Å². The van der Waals surface area contributed by atoms with E-state index >= 15 is 0 Å². The first-order valence-electron chi connectivity index (χ1n) is 6.87. The van der Waals surface area contributed by atoms with Gasteiger partial charge in [0, 0.05) is 6.54 Å². The van der Waals surface area contributed by atoms with Crippen molar-refractivity contribution in [3.05, 3.63) is 57.8 Å². The second-order valence-electron chi connectivity index (χ2n) is 6.01. The third-order valence-electron chi connectivity index (χ3n) is 3.32. The Morgan fingerprint density at radius 3 is 2.32 bits per heavy atom.